The Labute approximate surface area is 89.9 Å². The van der Waals surface area contributed by atoms with Crippen LogP contribution in [0.4, 0.5) is 0 Å². The minimum absolute atomic E-state index is 0.758. The van der Waals surface area contributed by atoms with E-state index in [4.69, 9.17) is 0 Å². The molecule has 0 aliphatic rings. The summed E-state index contributed by atoms with van der Waals surface area (Å²) in [5.74, 6) is 1.58. The van der Waals surface area contributed by atoms with Crippen LogP contribution < -0.4 is 10.6 Å². The molecule has 2 N–H and O–H groups in total. The van der Waals surface area contributed by atoms with Crippen LogP contribution >= 0.6 is 0 Å². The molecule has 86 valence electrons. The summed E-state index contributed by atoms with van der Waals surface area (Å²) in [6.07, 6.45) is 2.64. The summed E-state index contributed by atoms with van der Waals surface area (Å²) in [5, 5.41) is 6.91. The molecule has 0 amide bonds. The third kappa shape index (κ3) is 10.0. The standard InChI is InChI=1S/C12H28N2/c1-5-6-12(4)10-14-8-7-13-9-11(2)3/h11-14H,5-10H2,1-4H3. The first-order valence-corrected chi connectivity index (χ1v) is 6.08. The summed E-state index contributed by atoms with van der Waals surface area (Å²) < 4.78 is 0. The summed E-state index contributed by atoms with van der Waals surface area (Å²) in [4.78, 5) is 0. The van der Waals surface area contributed by atoms with E-state index in [-0.39, 0.29) is 0 Å². The maximum atomic E-state index is 3.48. The second kappa shape index (κ2) is 9.47. The smallest absolute Gasteiger partial charge is 0.00768 e. The zero-order valence-corrected chi connectivity index (χ0v) is 10.4. The first-order chi connectivity index (χ1) is 6.66. The highest BCUT2D eigenvalue weighted by Gasteiger charge is 1.98. The van der Waals surface area contributed by atoms with Crippen molar-refractivity contribution < 1.29 is 0 Å². The van der Waals surface area contributed by atoms with E-state index in [0.29, 0.717) is 0 Å². The Hall–Kier alpha value is -0.0800. The van der Waals surface area contributed by atoms with Crippen LogP contribution in [0.3, 0.4) is 0 Å². The fourth-order valence-corrected chi connectivity index (χ4v) is 1.51. The molecule has 0 aliphatic carbocycles. The van der Waals surface area contributed by atoms with Gasteiger partial charge in [0.2, 0.25) is 0 Å². The van der Waals surface area contributed by atoms with E-state index in [9.17, 15) is 0 Å². The van der Waals surface area contributed by atoms with Gasteiger partial charge in [-0.25, -0.2) is 0 Å². The van der Waals surface area contributed by atoms with Crippen molar-refractivity contribution in [3.05, 3.63) is 0 Å². The molecule has 0 aromatic heterocycles. The van der Waals surface area contributed by atoms with Gasteiger partial charge in [-0.05, 0) is 31.3 Å². The molecule has 0 aliphatic heterocycles. The highest BCUT2D eigenvalue weighted by Crippen LogP contribution is 2.01. The summed E-state index contributed by atoms with van der Waals surface area (Å²) in [7, 11) is 0. The molecular formula is C12H28N2. The molecule has 0 bridgehead atoms. The fourth-order valence-electron chi connectivity index (χ4n) is 1.51. The van der Waals surface area contributed by atoms with Crippen LogP contribution in [0.2, 0.25) is 0 Å². The van der Waals surface area contributed by atoms with Crippen molar-refractivity contribution in [2.45, 2.75) is 40.5 Å². The van der Waals surface area contributed by atoms with Gasteiger partial charge in [0.05, 0.1) is 0 Å². The van der Waals surface area contributed by atoms with Gasteiger partial charge < -0.3 is 10.6 Å². The van der Waals surface area contributed by atoms with Crippen LogP contribution in [-0.2, 0) is 0 Å². The number of hydrogen-bond acceptors (Lipinski definition) is 2. The molecule has 14 heavy (non-hydrogen) atoms. The van der Waals surface area contributed by atoms with E-state index in [0.717, 1.165) is 38.0 Å². The van der Waals surface area contributed by atoms with Gasteiger partial charge in [0.15, 0.2) is 0 Å². The van der Waals surface area contributed by atoms with E-state index >= 15 is 0 Å². The average Bonchev–Trinajstić information content (AvgIpc) is 2.11. The predicted octanol–water partition coefficient (Wildman–Crippen LogP) is 2.26. The van der Waals surface area contributed by atoms with Crippen LogP contribution in [0.1, 0.15) is 40.5 Å². The topological polar surface area (TPSA) is 24.1 Å². The second-order valence-electron chi connectivity index (χ2n) is 4.70. The summed E-state index contributed by atoms with van der Waals surface area (Å²) >= 11 is 0. The summed E-state index contributed by atoms with van der Waals surface area (Å²) in [6, 6.07) is 0. The van der Waals surface area contributed by atoms with Crippen molar-refractivity contribution in [3.63, 3.8) is 0 Å². The van der Waals surface area contributed by atoms with E-state index in [1.165, 1.54) is 12.8 Å². The lowest BCUT2D eigenvalue weighted by atomic mass is 10.1. The lowest BCUT2D eigenvalue weighted by Crippen LogP contribution is -2.31. The molecular weight excluding hydrogens is 172 g/mol. The lowest BCUT2D eigenvalue weighted by Gasteiger charge is -2.12. The fraction of sp³-hybridized carbons (Fsp3) is 1.00. The zero-order valence-electron chi connectivity index (χ0n) is 10.4. The summed E-state index contributed by atoms with van der Waals surface area (Å²) in [6.45, 7) is 13.5. The van der Waals surface area contributed by atoms with Gasteiger partial charge in [-0.3, -0.25) is 0 Å². The monoisotopic (exact) mass is 200 g/mol. The lowest BCUT2D eigenvalue weighted by molar-refractivity contribution is 0.465. The maximum Gasteiger partial charge on any atom is 0.00768 e. The van der Waals surface area contributed by atoms with E-state index in [1.807, 2.05) is 0 Å². The van der Waals surface area contributed by atoms with Crippen molar-refractivity contribution in [2.24, 2.45) is 11.8 Å². The number of rotatable bonds is 9. The minimum atomic E-state index is 0.758. The van der Waals surface area contributed by atoms with Crippen LogP contribution in [0.5, 0.6) is 0 Å². The van der Waals surface area contributed by atoms with Crippen LogP contribution in [-0.4, -0.2) is 26.2 Å². The molecule has 1 atom stereocenters. The molecule has 1 unspecified atom stereocenters. The number of nitrogens with one attached hydrogen (secondary N) is 2. The van der Waals surface area contributed by atoms with Gasteiger partial charge >= 0.3 is 0 Å². The Kier molecular flexibility index (Phi) is 9.42. The van der Waals surface area contributed by atoms with Gasteiger partial charge in [-0.1, -0.05) is 34.1 Å². The Morgan fingerprint density at radius 2 is 1.50 bits per heavy atom. The van der Waals surface area contributed by atoms with Crippen molar-refractivity contribution >= 4 is 0 Å². The number of hydrogen-bond donors (Lipinski definition) is 2. The van der Waals surface area contributed by atoms with Crippen LogP contribution in [0, 0.1) is 11.8 Å². The zero-order chi connectivity index (χ0) is 10.8. The Balaban J connectivity index is 3.05. The molecule has 0 spiro atoms. The molecule has 0 fully saturated rings. The third-order valence-corrected chi connectivity index (χ3v) is 2.31. The molecule has 0 rings (SSSR count). The molecule has 0 aromatic carbocycles. The van der Waals surface area contributed by atoms with Crippen molar-refractivity contribution in [1.82, 2.24) is 10.6 Å². The second-order valence-corrected chi connectivity index (χ2v) is 4.70. The maximum absolute atomic E-state index is 3.48. The SMILES string of the molecule is CCCC(C)CNCCNCC(C)C. The van der Waals surface area contributed by atoms with Gasteiger partial charge in [-0.2, -0.15) is 0 Å². The Morgan fingerprint density at radius 3 is 2.00 bits per heavy atom. The van der Waals surface area contributed by atoms with E-state index < -0.39 is 0 Å². The van der Waals surface area contributed by atoms with E-state index in [2.05, 4.69) is 38.3 Å². The Morgan fingerprint density at radius 1 is 0.929 bits per heavy atom. The molecule has 0 heterocycles. The van der Waals surface area contributed by atoms with Crippen LogP contribution in [0.25, 0.3) is 0 Å². The highest BCUT2D eigenvalue weighted by molar-refractivity contribution is 4.58. The van der Waals surface area contributed by atoms with E-state index in [1.54, 1.807) is 0 Å². The van der Waals surface area contributed by atoms with Gasteiger partial charge in [-0.15, -0.1) is 0 Å². The molecule has 2 nitrogen and oxygen atoms in total. The molecule has 0 aromatic rings. The summed E-state index contributed by atoms with van der Waals surface area (Å²) in [5.41, 5.74) is 0. The molecule has 0 saturated carbocycles. The highest BCUT2D eigenvalue weighted by atomic mass is 14.9. The quantitative estimate of drug-likeness (QED) is 0.558. The molecule has 2 heteroatoms. The van der Waals surface area contributed by atoms with Crippen molar-refractivity contribution in [3.8, 4) is 0 Å². The molecule has 0 saturated heterocycles. The first kappa shape index (κ1) is 13.9. The van der Waals surface area contributed by atoms with Gasteiger partial charge in [0, 0.05) is 13.1 Å². The van der Waals surface area contributed by atoms with Gasteiger partial charge in [0.1, 0.15) is 0 Å². The van der Waals surface area contributed by atoms with Crippen molar-refractivity contribution in [1.29, 1.82) is 0 Å². The third-order valence-electron chi connectivity index (χ3n) is 2.31. The normalized spacial score (nSPS) is 13.5. The van der Waals surface area contributed by atoms with Gasteiger partial charge in [0.25, 0.3) is 0 Å². The predicted molar refractivity (Wildman–Crippen MR) is 64.6 cm³/mol. The molecule has 0 radical (unpaired) electrons. The van der Waals surface area contributed by atoms with Crippen LogP contribution in [0.15, 0.2) is 0 Å². The van der Waals surface area contributed by atoms with Crippen molar-refractivity contribution in [2.75, 3.05) is 26.2 Å². The Bertz CT molecular complexity index is 113. The minimum Gasteiger partial charge on any atom is -0.315 e. The largest absolute Gasteiger partial charge is 0.315 e. The average molecular weight is 200 g/mol. The first-order valence-electron chi connectivity index (χ1n) is 6.08.